The van der Waals surface area contributed by atoms with Crippen molar-refractivity contribution in [3.05, 3.63) is 76.8 Å². The van der Waals surface area contributed by atoms with E-state index in [1.807, 2.05) is 18.3 Å². The van der Waals surface area contributed by atoms with E-state index >= 15 is 0 Å². The van der Waals surface area contributed by atoms with Crippen molar-refractivity contribution in [1.29, 1.82) is 0 Å². The molecule has 24 heavy (non-hydrogen) atoms. The van der Waals surface area contributed by atoms with E-state index in [0.717, 1.165) is 17.7 Å². The summed E-state index contributed by atoms with van der Waals surface area (Å²) >= 11 is 0. The Morgan fingerprint density at radius 2 is 2.00 bits per heavy atom. The Morgan fingerprint density at radius 3 is 2.79 bits per heavy atom. The molecule has 122 valence electrons. The number of fused-ring (bicyclic) bond motifs is 3. The molecular weight excluding hydrogens is 297 g/mol. The molecule has 0 N–H and O–H groups in total. The highest BCUT2D eigenvalue weighted by atomic mass is 19.1. The minimum Gasteiger partial charge on any atom is -0.260 e. The molecule has 0 amide bonds. The second-order valence-corrected chi connectivity index (χ2v) is 7.80. The van der Waals surface area contributed by atoms with Crippen LogP contribution in [0.1, 0.15) is 44.2 Å². The molecule has 4 rings (SSSR count). The van der Waals surface area contributed by atoms with Gasteiger partial charge in [-0.2, -0.15) is 0 Å². The van der Waals surface area contributed by atoms with E-state index < -0.39 is 0 Å². The van der Waals surface area contributed by atoms with E-state index in [-0.39, 0.29) is 23.1 Å². The van der Waals surface area contributed by atoms with E-state index in [4.69, 9.17) is 4.99 Å². The molecule has 1 aliphatic heterocycles. The molecule has 1 nitrogen and oxygen atoms in total. The lowest BCUT2D eigenvalue weighted by Gasteiger charge is -2.34. The van der Waals surface area contributed by atoms with Crippen molar-refractivity contribution in [1.82, 2.24) is 0 Å². The van der Waals surface area contributed by atoms with Crippen LogP contribution in [0.15, 0.2) is 64.8 Å². The van der Waals surface area contributed by atoms with Crippen LogP contribution in [0.3, 0.4) is 0 Å². The summed E-state index contributed by atoms with van der Waals surface area (Å²) in [6.07, 6.45) is 14.0. The quantitative estimate of drug-likeness (QED) is 0.618. The van der Waals surface area contributed by atoms with Gasteiger partial charge in [0.25, 0.3) is 0 Å². The van der Waals surface area contributed by atoms with E-state index in [9.17, 15) is 4.39 Å². The summed E-state index contributed by atoms with van der Waals surface area (Å²) < 4.78 is 13.5. The summed E-state index contributed by atoms with van der Waals surface area (Å²) in [5.74, 6) is 0.274. The first-order valence-corrected chi connectivity index (χ1v) is 8.55. The molecule has 0 fully saturated rings. The average Bonchev–Trinajstić information content (AvgIpc) is 2.51. The number of halogens is 1. The summed E-state index contributed by atoms with van der Waals surface area (Å²) in [6.45, 7) is 6.74. The smallest absolute Gasteiger partial charge is 0.123 e. The van der Waals surface area contributed by atoms with Crippen molar-refractivity contribution in [2.45, 2.75) is 33.1 Å². The predicted molar refractivity (Wildman–Crippen MR) is 98.5 cm³/mol. The highest BCUT2D eigenvalue weighted by Crippen LogP contribution is 2.42. The van der Waals surface area contributed by atoms with E-state index in [1.54, 1.807) is 12.1 Å². The molecule has 1 aromatic carbocycles. The number of allylic oxidation sites excluding steroid dienone is 6. The third-order valence-electron chi connectivity index (χ3n) is 5.08. The number of hydrogen-bond acceptors (Lipinski definition) is 1. The average molecular weight is 319 g/mol. The third-order valence-corrected chi connectivity index (χ3v) is 5.08. The second-order valence-electron chi connectivity index (χ2n) is 7.80. The second kappa shape index (κ2) is 5.41. The summed E-state index contributed by atoms with van der Waals surface area (Å²) in [7, 11) is 0. The van der Waals surface area contributed by atoms with Crippen LogP contribution in [-0.2, 0) is 0 Å². The van der Waals surface area contributed by atoms with Crippen LogP contribution in [0.25, 0.3) is 6.08 Å². The Labute approximate surface area is 143 Å². The van der Waals surface area contributed by atoms with Gasteiger partial charge in [-0.1, -0.05) is 55.9 Å². The van der Waals surface area contributed by atoms with E-state index in [2.05, 4.69) is 45.1 Å². The number of rotatable bonds is 1. The first-order chi connectivity index (χ1) is 11.4. The first kappa shape index (κ1) is 15.3. The monoisotopic (exact) mass is 319 g/mol. The maximum Gasteiger partial charge on any atom is 0.123 e. The van der Waals surface area contributed by atoms with Crippen LogP contribution in [0.5, 0.6) is 0 Å². The van der Waals surface area contributed by atoms with Gasteiger partial charge in [0, 0.05) is 18.0 Å². The van der Waals surface area contributed by atoms with Crippen LogP contribution in [0, 0.1) is 17.2 Å². The number of aliphatic imine (C=N–C) groups is 1. The molecular formula is C22H22FN. The van der Waals surface area contributed by atoms with Gasteiger partial charge in [-0.3, -0.25) is 4.99 Å². The van der Waals surface area contributed by atoms with Gasteiger partial charge < -0.3 is 0 Å². The van der Waals surface area contributed by atoms with Crippen LogP contribution >= 0.6 is 0 Å². The van der Waals surface area contributed by atoms with Gasteiger partial charge in [0.05, 0.1) is 5.71 Å². The zero-order valence-corrected chi connectivity index (χ0v) is 14.4. The fourth-order valence-electron chi connectivity index (χ4n) is 4.26. The highest BCUT2D eigenvalue weighted by Gasteiger charge is 2.33. The largest absolute Gasteiger partial charge is 0.260 e. The Hall–Kier alpha value is -2.22. The van der Waals surface area contributed by atoms with Gasteiger partial charge in [-0.15, -0.1) is 0 Å². The van der Waals surface area contributed by atoms with Gasteiger partial charge in [0.1, 0.15) is 5.82 Å². The molecule has 1 aromatic rings. The molecule has 0 spiro atoms. The maximum absolute atomic E-state index is 13.5. The lowest BCUT2D eigenvalue weighted by molar-refractivity contribution is 0.468. The van der Waals surface area contributed by atoms with Crippen molar-refractivity contribution in [3.8, 4) is 0 Å². The number of hydrogen-bond donors (Lipinski definition) is 0. The lowest BCUT2D eigenvalue weighted by Crippen LogP contribution is -2.27. The molecule has 3 aliphatic rings. The van der Waals surface area contributed by atoms with E-state index in [1.165, 1.54) is 16.7 Å². The standard InChI is InChI=1S/C22H22FN/c1-14-10-16(13-22(2,3)12-14)21-20-6-4-15-11-17(23)5-7-18(15)19(20)8-9-24-21/h4-11,13,19-20H,12H2,1-3H3. The summed E-state index contributed by atoms with van der Waals surface area (Å²) in [5.41, 5.74) is 6.08. The molecule has 0 radical (unpaired) electrons. The predicted octanol–water partition coefficient (Wildman–Crippen LogP) is 5.82. The molecule has 2 atom stereocenters. The minimum absolute atomic E-state index is 0.159. The summed E-state index contributed by atoms with van der Waals surface area (Å²) in [5, 5.41) is 0. The molecule has 2 unspecified atom stereocenters. The Bertz CT molecular complexity index is 849. The zero-order chi connectivity index (χ0) is 16.9. The van der Waals surface area contributed by atoms with E-state index in [0.29, 0.717) is 0 Å². The molecule has 1 heterocycles. The normalized spacial score (nSPS) is 26.9. The van der Waals surface area contributed by atoms with Crippen LogP contribution < -0.4 is 0 Å². The van der Waals surface area contributed by atoms with Crippen molar-refractivity contribution < 1.29 is 4.39 Å². The van der Waals surface area contributed by atoms with Gasteiger partial charge in [0.2, 0.25) is 0 Å². The first-order valence-electron chi connectivity index (χ1n) is 8.55. The fraction of sp³-hybridized carbons (Fsp3) is 0.318. The van der Waals surface area contributed by atoms with Gasteiger partial charge in [0.15, 0.2) is 0 Å². The topological polar surface area (TPSA) is 12.4 Å². The van der Waals surface area contributed by atoms with Crippen LogP contribution in [0.2, 0.25) is 0 Å². The Kier molecular flexibility index (Phi) is 3.45. The molecule has 0 saturated heterocycles. The zero-order valence-electron chi connectivity index (χ0n) is 14.4. The lowest BCUT2D eigenvalue weighted by atomic mass is 9.71. The fourth-order valence-corrected chi connectivity index (χ4v) is 4.26. The van der Waals surface area contributed by atoms with Crippen molar-refractivity contribution in [2.24, 2.45) is 16.3 Å². The molecule has 0 aromatic heterocycles. The summed E-state index contributed by atoms with van der Waals surface area (Å²) in [6, 6.07) is 5.09. The van der Waals surface area contributed by atoms with Crippen LogP contribution in [0.4, 0.5) is 4.39 Å². The van der Waals surface area contributed by atoms with Gasteiger partial charge >= 0.3 is 0 Å². The molecule has 2 heteroatoms. The van der Waals surface area contributed by atoms with Crippen molar-refractivity contribution in [3.63, 3.8) is 0 Å². The highest BCUT2D eigenvalue weighted by molar-refractivity contribution is 6.07. The molecule has 0 bridgehead atoms. The van der Waals surface area contributed by atoms with Crippen molar-refractivity contribution in [2.75, 3.05) is 0 Å². The maximum atomic E-state index is 13.5. The van der Waals surface area contributed by atoms with Crippen LogP contribution in [-0.4, -0.2) is 5.71 Å². The van der Waals surface area contributed by atoms with Gasteiger partial charge in [-0.05, 0) is 47.6 Å². The molecule has 0 saturated carbocycles. The number of nitrogens with zero attached hydrogens (tertiary/aromatic N) is 1. The third kappa shape index (κ3) is 2.60. The Balaban J connectivity index is 1.76. The van der Waals surface area contributed by atoms with Gasteiger partial charge in [-0.25, -0.2) is 4.39 Å². The molecule has 2 aliphatic carbocycles. The Morgan fingerprint density at radius 1 is 1.17 bits per heavy atom. The minimum atomic E-state index is -0.180. The van der Waals surface area contributed by atoms with Crippen molar-refractivity contribution >= 4 is 11.8 Å². The SMILES string of the molecule is CC1=CC(C2=NC=CC3c4ccc(F)cc4C=CC23)=CC(C)(C)C1. The number of benzene rings is 1. The summed E-state index contributed by atoms with van der Waals surface area (Å²) in [4.78, 5) is 4.73.